The van der Waals surface area contributed by atoms with Gasteiger partial charge in [0.15, 0.2) is 5.78 Å². The highest BCUT2D eigenvalue weighted by atomic mass is 32.2. The highest BCUT2D eigenvalue weighted by molar-refractivity contribution is 7.99. The molecule has 0 amide bonds. The maximum absolute atomic E-state index is 12.3. The van der Waals surface area contributed by atoms with E-state index in [1.54, 1.807) is 23.9 Å². The van der Waals surface area contributed by atoms with Gasteiger partial charge in [0.1, 0.15) is 6.61 Å². The summed E-state index contributed by atoms with van der Waals surface area (Å²) in [5.41, 5.74) is 1.34. The summed E-state index contributed by atoms with van der Waals surface area (Å²) < 4.78 is 4.90. The van der Waals surface area contributed by atoms with Crippen LogP contribution in [-0.4, -0.2) is 24.1 Å². The summed E-state index contributed by atoms with van der Waals surface area (Å²) in [4.78, 5) is 24.2. The van der Waals surface area contributed by atoms with Crippen LogP contribution in [0.2, 0.25) is 0 Å². The van der Waals surface area contributed by atoms with Crippen LogP contribution in [0.25, 0.3) is 0 Å². The van der Waals surface area contributed by atoms with Crippen molar-refractivity contribution < 1.29 is 14.3 Å². The Morgan fingerprint density at radius 2 is 1.64 bits per heavy atom. The molecule has 0 radical (unpaired) electrons. The van der Waals surface area contributed by atoms with E-state index in [2.05, 4.69) is 6.58 Å². The van der Waals surface area contributed by atoms with Crippen LogP contribution in [0.4, 0.5) is 0 Å². The lowest BCUT2D eigenvalue weighted by molar-refractivity contribution is -0.137. The van der Waals surface area contributed by atoms with E-state index >= 15 is 0 Å². The van der Waals surface area contributed by atoms with E-state index in [0.717, 1.165) is 11.0 Å². The summed E-state index contributed by atoms with van der Waals surface area (Å²) >= 11 is 1.57. The molecule has 0 saturated carbocycles. The van der Waals surface area contributed by atoms with Crippen molar-refractivity contribution in [1.29, 1.82) is 0 Å². The third kappa shape index (κ3) is 4.60. The second-order valence-corrected chi connectivity index (χ2v) is 5.61. The van der Waals surface area contributed by atoms with E-state index in [1.165, 1.54) is 0 Å². The van der Waals surface area contributed by atoms with Crippen LogP contribution in [0.3, 0.4) is 0 Å². The molecule has 0 aromatic heterocycles. The standard InChI is InChI=1S/C18H16O3S/c1-2-17(19)21-12-13-22-16-10-8-15(9-11-16)18(20)14-6-4-3-5-7-14/h2-11H,1,12-13H2. The van der Waals surface area contributed by atoms with E-state index in [4.69, 9.17) is 4.74 Å². The topological polar surface area (TPSA) is 43.4 Å². The Morgan fingerprint density at radius 1 is 1.00 bits per heavy atom. The maximum Gasteiger partial charge on any atom is 0.330 e. The molecule has 0 bridgehead atoms. The molecule has 0 aliphatic rings. The van der Waals surface area contributed by atoms with Gasteiger partial charge in [0.05, 0.1) is 0 Å². The zero-order valence-electron chi connectivity index (χ0n) is 12.0. The number of benzene rings is 2. The molecule has 4 heteroatoms. The predicted molar refractivity (Wildman–Crippen MR) is 88.2 cm³/mol. The Kier molecular flexibility index (Phi) is 5.98. The van der Waals surface area contributed by atoms with Crippen LogP contribution in [0.15, 0.2) is 72.1 Å². The Balaban J connectivity index is 1.89. The summed E-state index contributed by atoms with van der Waals surface area (Å²) in [6.07, 6.45) is 1.15. The minimum absolute atomic E-state index is 0.0112. The largest absolute Gasteiger partial charge is 0.462 e. The molecular formula is C18H16O3S. The molecule has 0 aliphatic carbocycles. The number of rotatable bonds is 7. The number of ketones is 1. The minimum atomic E-state index is -0.413. The Bertz CT molecular complexity index is 648. The fourth-order valence-electron chi connectivity index (χ4n) is 1.82. The minimum Gasteiger partial charge on any atom is -0.462 e. The molecule has 2 aromatic rings. The molecule has 0 aliphatic heterocycles. The smallest absolute Gasteiger partial charge is 0.330 e. The number of hydrogen-bond acceptors (Lipinski definition) is 4. The third-order valence-electron chi connectivity index (χ3n) is 2.92. The number of ether oxygens (including phenoxy) is 1. The van der Waals surface area contributed by atoms with Gasteiger partial charge in [-0.05, 0) is 24.3 Å². The lowest BCUT2D eigenvalue weighted by Gasteiger charge is -2.04. The van der Waals surface area contributed by atoms with Crippen LogP contribution in [-0.2, 0) is 9.53 Å². The first-order chi connectivity index (χ1) is 10.7. The van der Waals surface area contributed by atoms with Gasteiger partial charge in [-0.15, -0.1) is 11.8 Å². The van der Waals surface area contributed by atoms with Crippen molar-refractivity contribution in [2.24, 2.45) is 0 Å². The zero-order valence-corrected chi connectivity index (χ0v) is 12.8. The molecule has 112 valence electrons. The van der Waals surface area contributed by atoms with Crippen LogP contribution >= 0.6 is 11.8 Å². The molecule has 2 rings (SSSR count). The number of carbonyl (C=O) groups is 2. The summed E-state index contributed by atoms with van der Waals surface area (Å²) in [6, 6.07) is 16.6. The summed E-state index contributed by atoms with van der Waals surface area (Å²) in [5.74, 6) is 0.257. The van der Waals surface area contributed by atoms with Crippen molar-refractivity contribution in [3.63, 3.8) is 0 Å². The van der Waals surface area contributed by atoms with Crippen LogP contribution in [0, 0.1) is 0 Å². The molecule has 0 unspecified atom stereocenters. The second kappa shape index (κ2) is 8.20. The van der Waals surface area contributed by atoms with Gasteiger partial charge in [0.25, 0.3) is 0 Å². The zero-order chi connectivity index (χ0) is 15.8. The molecule has 2 aromatic carbocycles. The van der Waals surface area contributed by atoms with E-state index in [9.17, 15) is 9.59 Å². The van der Waals surface area contributed by atoms with Gasteiger partial charge in [0, 0.05) is 27.9 Å². The number of carbonyl (C=O) groups excluding carboxylic acids is 2. The lowest BCUT2D eigenvalue weighted by Crippen LogP contribution is -2.03. The Labute approximate surface area is 134 Å². The van der Waals surface area contributed by atoms with Gasteiger partial charge < -0.3 is 4.74 Å². The van der Waals surface area contributed by atoms with Gasteiger partial charge in [0.2, 0.25) is 0 Å². The number of thioether (sulfide) groups is 1. The van der Waals surface area contributed by atoms with Crippen molar-refractivity contribution in [2.75, 3.05) is 12.4 Å². The highest BCUT2D eigenvalue weighted by Gasteiger charge is 2.08. The Morgan fingerprint density at radius 3 is 2.27 bits per heavy atom. The fourth-order valence-corrected chi connectivity index (χ4v) is 2.55. The Hall–Kier alpha value is -2.33. The van der Waals surface area contributed by atoms with E-state index in [-0.39, 0.29) is 5.78 Å². The summed E-state index contributed by atoms with van der Waals surface area (Å²) in [6.45, 7) is 3.67. The average molecular weight is 312 g/mol. The molecule has 22 heavy (non-hydrogen) atoms. The van der Waals surface area contributed by atoms with Gasteiger partial charge in [-0.2, -0.15) is 0 Å². The monoisotopic (exact) mass is 312 g/mol. The van der Waals surface area contributed by atoms with Crippen molar-refractivity contribution in [3.8, 4) is 0 Å². The van der Waals surface area contributed by atoms with Crippen LogP contribution < -0.4 is 0 Å². The van der Waals surface area contributed by atoms with Crippen LogP contribution in [0.1, 0.15) is 15.9 Å². The lowest BCUT2D eigenvalue weighted by atomic mass is 10.0. The first-order valence-electron chi connectivity index (χ1n) is 6.82. The van der Waals surface area contributed by atoms with Gasteiger partial charge in [-0.1, -0.05) is 36.9 Å². The van der Waals surface area contributed by atoms with Crippen molar-refractivity contribution in [3.05, 3.63) is 78.4 Å². The highest BCUT2D eigenvalue weighted by Crippen LogP contribution is 2.19. The van der Waals surface area contributed by atoms with E-state index in [0.29, 0.717) is 23.5 Å². The van der Waals surface area contributed by atoms with Crippen LogP contribution in [0.5, 0.6) is 0 Å². The SMILES string of the molecule is C=CC(=O)OCCSc1ccc(C(=O)c2ccccc2)cc1. The quantitative estimate of drug-likeness (QED) is 0.257. The van der Waals surface area contributed by atoms with Crippen molar-refractivity contribution >= 4 is 23.5 Å². The maximum atomic E-state index is 12.3. The van der Waals surface area contributed by atoms with E-state index in [1.807, 2.05) is 42.5 Å². The summed E-state index contributed by atoms with van der Waals surface area (Å²) in [7, 11) is 0. The molecule has 3 nitrogen and oxygen atoms in total. The molecule has 0 N–H and O–H groups in total. The second-order valence-electron chi connectivity index (χ2n) is 4.44. The average Bonchev–Trinajstić information content (AvgIpc) is 2.59. The first-order valence-corrected chi connectivity index (χ1v) is 7.81. The van der Waals surface area contributed by atoms with Crippen molar-refractivity contribution in [2.45, 2.75) is 4.90 Å². The fraction of sp³-hybridized carbons (Fsp3) is 0.111. The third-order valence-corrected chi connectivity index (χ3v) is 3.89. The molecule has 0 heterocycles. The predicted octanol–water partition coefficient (Wildman–Crippen LogP) is 3.74. The molecule has 0 spiro atoms. The number of hydrogen-bond donors (Lipinski definition) is 0. The number of esters is 1. The van der Waals surface area contributed by atoms with Crippen molar-refractivity contribution in [1.82, 2.24) is 0 Å². The van der Waals surface area contributed by atoms with E-state index < -0.39 is 5.97 Å². The normalized spacial score (nSPS) is 10.0. The van der Waals surface area contributed by atoms with Gasteiger partial charge in [-0.3, -0.25) is 4.79 Å². The molecule has 0 atom stereocenters. The van der Waals surface area contributed by atoms with Gasteiger partial charge in [-0.25, -0.2) is 4.79 Å². The molecule has 0 fully saturated rings. The summed E-state index contributed by atoms with van der Waals surface area (Å²) in [5, 5.41) is 0. The molecular weight excluding hydrogens is 296 g/mol. The van der Waals surface area contributed by atoms with Gasteiger partial charge >= 0.3 is 5.97 Å². The molecule has 0 saturated heterocycles. The first kappa shape index (κ1) is 16.0.